The Morgan fingerprint density at radius 3 is 1.65 bits per heavy atom. The predicted octanol–water partition coefficient (Wildman–Crippen LogP) is 6.48. The van der Waals surface area contributed by atoms with Crippen molar-refractivity contribution in [1.82, 2.24) is 0 Å². The summed E-state index contributed by atoms with van der Waals surface area (Å²) in [7, 11) is 0. The Balaban J connectivity index is 2.99. The molecule has 17 heavy (non-hydrogen) atoms. The van der Waals surface area contributed by atoms with Gasteiger partial charge in [-0.1, -0.05) is 64.0 Å². The van der Waals surface area contributed by atoms with Gasteiger partial charge in [0.25, 0.3) is 0 Å². The van der Waals surface area contributed by atoms with Crippen LogP contribution in [0, 0.1) is 0 Å². The summed E-state index contributed by atoms with van der Waals surface area (Å²) in [6.07, 6.45) is 20.9. The fourth-order valence-electron chi connectivity index (χ4n) is 1.99. The zero-order chi connectivity index (χ0) is 12.6. The Bertz CT molecular complexity index is 152. The number of hydrogen-bond acceptors (Lipinski definition) is 0. The average molecular weight is 259 g/mol. The van der Waals surface area contributed by atoms with Crippen LogP contribution in [-0.4, -0.2) is 5.88 Å². The highest BCUT2D eigenvalue weighted by atomic mass is 35.5. The van der Waals surface area contributed by atoms with Gasteiger partial charge in [0.1, 0.15) is 0 Å². The molecule has 0 unspecified atom stereocenters. The highest BCUT2D eigenvalue weighted by Gasteiger charge is 1.89. The molecule has 0 aromatic heterocycles. The number of unbranched alkanes of at least 4 members (excludes halogenated alkanes) is 10. The molecule has 0 rings (SSSR count). The molecule has 102 valence electrons. The lowest BCUT2D eigenvalue weighted by atomic mass is 10.1. The minimum Gasteiger partial charge on any atom is -0.127 e. The van der Waals surface area contributed by atoms with E-state index in [1.54, 1.807) is 0 Å². The molecule has 0 fully saturated rings. The van der Waals surface area contributed by atoms with Crippen molar-refractivity contribution in [3.8, 4) is 0 Å². The summed E-state index contributed by atoms with van der Waals surface area (Å²) >= 11 is 5.64. The molecule has 0 heterocycles. The summed E-state index contributed by atoms with van der Waals surface area (Å²) in [4.78, 5) is 0. The van der Waals surface area contributed by atoms with Crippen molar-refractivity contribution >= 4 is 11.6 Å². The average Bonchev–Trinajstić information content (AvgIpc) is 2.35. The second-order valence-corrected chi connectivity index (χ2v) is 5.30. The lowest BCUT2D eigenvalue weighted by molar-refractivity contribution is 0.612. The van der Waals surface area contributed by atoms with Crippen LogP contribution in [0.15, 0.2) is 12.2 Å². The smallest absolute Gasteiger partial charge is 0.0223 e. The summed E-state index contributed by atoms with van der Waals surface area (Å²) in [5, 5.41) is 0. The van der Waals surface area contributed by atoms with Gasteiger partial charge in [-0.3, -0.25) is 0 Å². The van der Waals surface area contributed by atoms with E-state index in [-0.39, 0.29) is 0 Å². The number of halogens is 1. The van der Waals surface area contributed by atoms with Gasteiger partial charge in [-0.25, -0.2) is 0 Å². The van der Waals surface area contributed by atoms with Crippen molar-refractivity contribution in [2.45, 2.75) is 84.0 Å². The first-order valence-electron chi connectivity index (χ1n) is 7.62. The van der Waals surface area contributed by atoms with E-state index in [1.807, 2.05) is 0 Å². The van der Waals surface area contributed by atoms with E-state index in [2.05, 4.69) is 19.1 Å². The number of rotatable bonds is 13. The molecule has 0 saturated heterocycles. The third-order valence-corrected chi connectivity index (χ3v) is 3.41. The Morgan fingerprint density at radius 2 is 1.12 bits per heavy atom. The molecular formula is C16H31Cl. The minimum absolute atomic E-state index is 0.834. The molecule has 1 heteroatoms. The van der Waals surface area contributed by atoms with Crippen LogP contribution in [0.1, 0.15) is 84.0 Å². The Labute approximate surface area is 114 Å². The molecule has 0 atom stereocenters. The molecule has 0 amide bonds. The third kappa shape index (κ3) is 16.0. The van der Waals surface area contributed by atoms with Crippen molar-refractivity contribution in [3.05, 3.63) is 12.2 Å². The van der Waals surface area contributed by atoms with E-state index in [0.717, 1.165) is 5.88 Å². The van der Waals surface area contributed by atoms with E-state index in [1.165, 1.54) is 77.0 Å². The van der Waals surface area contributed by atoms with E-state index < -0.39 is 0 Å². The van der Waals surface area contributed by atoms with Gasteiger partial charge in [0, 0.05) is 5.88 Å². The molecule has 0 aliphatic carbocycles. The van der Waals surface area contributed by atoms with E-state index >= 15 is 0 Å². The molecule has 0 aliphatic heterocycles. The molecule has 0 spiro atoms. The van der Waals surface area contributed by atoms with Crippen LogP contribution in [-0.2, 0) is 0 Å². The van der Waals surface area contributed by atoms with E-state index in [9.17, 15) is 0 Å². The maximum Gasteiger partial charge on any atom is 0.0223 e. The first-order chi connectivity index (χ1) is 8.41. The number of hydrogen-bond donors (Lipinski definition) is 0. The van der Waals surface area contributed by atoms with Crippen molar-refractivity contribution in [2.75, 3.05) is 5.88 Å². The standard InChI is InChI=1S/C16H31Cl/c1-2-3-4-5-6-7-8-9-10-11-12-13-14-15-16-17/h7-8H,2-6,9-16H2,1H3. The van der Waals surface area contributed by atoms with Crippen LogP contribution < -0.4 is 0 Å². The van der Waals surface area contributed by atoms with Gasteiger partial charge in [-0.15, -0.1) is 11.6 Å². The third-order valence-electron chi connectivity index (χ3n) is 3.15. The molecule has 0 N–H and O–H groups in total. The van der Waals surface area contributed by atoms with Crippen molar-refractivity contribution < 1.29 is 0 Å². The first-order valence-corrected chi connectivity index (χ1v) is 8.16. The van der Waals surface area contributed by atoms with Gasteiger partial charge in [0.05, 0.1) is 0 Å². The van der Waals surface area contributed by atoms with Crippen molar-refractivity contribution in [3.63, 3.8) is 0 Å². The quantitative estimate of drug-likeness (QED) is 0.201. The number of allylic oxidation sites excluding steroid dienone is 2. The lowest BCUT2D eigenvalue weighted by Crippen LogP contribution is -1.80. The SMILES string of the molecule is CCCCCCC=CCCCCCCCCCl. The van der Waals surface area contributed by atoms with Gasteiger partial charge in [-0.2, -0.15) is 0 Å². The molecule has 0 aromatic rings. The monoisotopic (exact) mass is 258 g/mol. The minimum atomic E-state index is 0.834. The van der Waals surface area contributed by atoms with Crippen LogP contribution in [0.5, 0.6) is 0 Å². The summed E-state index contributed by atoms with van der Waals surface area (Å²) in [5.41, 5.74) is 0. The van der Waals surface area contributed by atoms with Crippen LogP contribution in [0.25, 0.3) is 0 Å². The summed E-state index contributed by atoms with van der Waals surface area (Å²) < 4.78 is 0. The molecule has 0 saturated carbocycles. The van der Waals surface area contributed by atoms with Gasteiger partial charge in [0.2, 0.25) is 0 Å². The highest BCUT2D eigenvalue weighted by molar-refractivity contribution is 6.17. The molecule has 0 nitrogen and oxygen atoms in total. The molecule has 0 bridgehead atoms. The second kappa shape index (κ2) is 16.0. The lowest BCUT2D eigenvalue weighted by Gasteiger charge is -1.98. The fourth-order valence-corrected chi connectivity index (χ4v) is 2.18. The Hall–Kier alpha value is 0.0300. The Kier molecular flexibility index (Phi) is 16.1. The zero-order valence-electron chi connectivity index (χ0n) is 11.7. The maximum atomic E-state index is 5.64. The number of alkyl halides is 1. The topological polar surface area (TPSA) is 0 Å². The normalized spacial score (nSPS) is 11.4. The largest absolute Gasteiger partial charge is 0.127 e. The van der Waals surface area contributed by atoms with Gasteiger partial charge in [0.15, 0.2) is 0 Å². The highest BCUT2D eigenvalue weighted by Crippen LogP contribution is 2.09. The maximum absolute atomic E-state index is 5.64. The van der Waals surface area contributed by atoms with Crippen LogP contribution in [0.4, 0.5) is 0 Å². The Morgan fingerprint density at radius 1 is 0.647 bits per heavy atom. The molecular weight excluding hydrogens is 228 g/mol. The molecule has 0 radical (unpaired) electrons. The summed E-state index contributed by atoms with van der Waals surface area (Å²) in [6, 6.07) is 0. The zero-order valence-corrected chi connectivity index (χ0v) is 12.5. The van der Waals surface area contributed by atoms with Gasteiger partial charge >= 0.3 is 0 Å². The predicted molar refractivity (Wildman–Crippen MR) is 80.9 cm³/mol. The fraction of sp³-hybridized carbons (Fsp3) is 0.875. The summed E-state index contributed by atoms with van der Waals surface area (Å²) in [5.74, 6) is 0.834. The molecule has 0 aliphatic rings. The van der Waals surface area contributed by atoms with Crippen LogP contribution in [0.2, 0.25) is 0 Å². The van der Waals surface area contributed by atoms with E-state index in [4.69, 9.17) is 11.6 Å². The first kappa shape index (κ1) is 17.0. The van der Waals surface area contributed by atoms with E-state index in [0.29, 0.717) is 0 Å². The molecule has 0 aromatic carbocycles. The van der Waals surface area contributed by atoms with Crippen LogP contribution in [0.3, 0.4) is 0 Å². The van der Waals surface area contributed by atoms with Gasteiger partial charge in [-0.05, 0) is 32.1 Å². The summed E-state index contributed by atoms with van der Waals surface area (Å²) in [6.45, 7) is 2.27. The van der Waals surface area contributed by atoms with Crippen molar-refractivity contribution in [2.24, 2.45) is 0 Å². The van der Waals surface area contributed by atoms with Crippen LogP contribution >= 0.6 is 11.6 Å². The second-order valence-electron chi connectivity index (χ2n) is 4.92. The van der Waals surface area contributed by atoms with Crippen molar-refractivity contribution in [1.29, 1.82) is 0 Å². The van der Waals surface area contributed by atoms with Gasteiger partial charge < -0.3 is 0 Å².